The van der Waals surface area contributed by atoms with Crippen LogP contribution in [0.2, 0.25) is 0 Å². The van der Waals surface area contributed by atoms with Crippen LogP contribution >= 0.6 is 0 Å². The molecule has 1 unspecified atom stereocenters. The summed E-state index contributed by atoms with van der Waals surface area (Å²) < 4.78 is 4.69. The number of carbonyl (C=O) groups is 3. The van der Waals surface area contributed by atoms with Crippen molar-refractivity contribution in [2.24, 2.45) is 0 Å². The van der Waals surface area contributed by atoms with Crippen molar-refractivity contribution in [1.29, 1.82) is 0 Å². The Morgan fingerprint density at radius 2 is 1.92 bits per heavy atom. The number of phenols is 1. The molecule has 0 aromatic heterocycles. The molecule has 0 heterocycles. The van der Waals surface area contributed by atoms with E-state index in [-0.39, 0.29) is 37.6 Å². The van der Waals surface area contributed by atoms with Gasteiger partial charge < -0.3 is 25.6 Å². The number of amides is 2. The Kier molecular flexibility index (Phi) is 9.78. The van der Waals surface area contributed by atoms with E-state index in [1.165, 1.54) is 19.2 Å². The first kappa shape index (κ1) is 21.4. The average Bonchev–Trinajstić information content (AvgIpc) is 2.62. The molecule has 0 saturated heterocycles. The maximum atomic E-state index is 12.0. The Balaban J connectivity index is 2.48. The predicted molar refractivity (Wildman–Crippen MR) is 94.3 cm³/mol. The van der Waals surface area contributed by atoms with Gasteiger partial charge in [0.1, 0.15) is 11.8 Å². The van der Waals surface area contributed by atoms with Crippen molar-refractivity contribution < 1.29 is 29.3 Å². The molecule has 4 N–H and O–H groups in total. The van der Waals surface area contributed by atoms with Gasteiger partial charge in [0, 0.05) is 19.4 Å². The summed E-state index contributed by atoms with van der Waals surface area (Å²) in [4.78, 5) is 35.5. The van der Waals surface area contributed by atoms with Crippen molar-refractivity contribution in [2.75, 3.05) is 20.3 Å². The highest BCUT2D eigenvalue weighted by Gasteiger charge is 2.22. The number of hydrogen-bond acceptors (Lipinski definition) is 6. The fraction of sp³-hybridized carbons (Fsp3) is 0.500. The summed E-state index contributed by atoms with van der Waals surface area (Å²) in [6.07, 6.45) is 2.45. The number of carbonyl (C=O) groups excluding carboxylic acids is 3. The summed E-state index contributed by atoms with van der Waals surface area (Å²) in [5, 5.41) is 23.2. The standard InChI is InChI=1S/C18H26N2O6/c1-26-18(25)15(11-13-6-5-7-14(22)10-13)20-17(24)12-19-16(23)8-3-2-4-9-21/h5-7,10,15,21-22H,2-4,8-9,11-12H2,1H3,(H,19,23)(H,20,24). The second-order valence-electron chi connectivity index (χ2n) is 5.83. The summed E-state index contributed by atoms with van der Waals surface area (Å²) in [5.41, 5.74) is 0.661. The topological polar surface area (TPSA) is 125 Å². The summed E-state index contributed by atoms with van der Waals surface area (Å²) in [5.74, 6) is -1.33. The van der Waals surface area contributed by atoms with E-state index < -0.39 is 17.9 Å². The van der Waals surface area contributed by atoms with E-state index in [9.17, 15) is 19.5 Å². The van der Waals surface area contributed by atoms with Crippen molar-refractivity contribution in [3.05, 3.63) is 29.8 Å². The number of nitrogens with one attached hydrogen (secondary N) is 2. The van der Waals surface area contributed by atoms with E-state index in [4.69, 9.17) is 9.84 Å². The van der Waals surface area contributed by atoms with E-state index in [1.807, 2.05) is 0 Å². The molecule has 144 valence electrons. The molecular formula is C18H26N2O6. The summed E-state index contributed by atoms with van der Waals surface area (Å²) in [7, 11) is 1.22. The number of esters is 1. The van der Waals surface area contributed by atoms with Gasteiger partial charge in [-0.25, -0.2) is 4.79 Å². The van der Waals surface area contributed by atoms with Gasteiger partial charge in [-0.1, -0.05) is 18.6 Å². The van der Waals surface area contributed by atoms with E-state index in [0.717, 1.165) is 6.42 Å². The summed E-state index contributed by atoms with van der Waals surface area (Å²) in [6, 6.07) is 5.44. The lowest BCUT2D eigenvalue weighted by Crippen LogP contribution is -2.47. The Morgan fingerprint density at radius 1 is 1.15 bits per heavy atom. The number of phenolic OH excluding ortho intramolecular Hbond substituents is 1. The van der Waals surface area contributed by atoms with Crippen molar-refractivity contribution in [3.8, 4) is 5.75 Å². The first-order valence-corrected chi connectivity index (χ1v) is 8.49. The molecule has 1 aromatic carbocycles. The summed E-state index contributed by atoms with van der Waals surface area (Å²) in [6.45, 7) is -0.148. The lowest BCUT2D eigenvalue weighted by atomic mass is 10.1. The molecule has 8 nitrogen and oxygen atoms in total. The minimum absolute atomic E-state index is 0.0610. The van der Waals surface area contributed by atoms with Crippen LogP contribution in [0.5, 0.6) is 5.75 Å². The van der Waals surface area contributed by atoms with Crippen molar-refractivity contribution in [3.63, 3.8) is 0 Å². The highest BCUT2D eigenvalue weighted by atomic mass is 16.5. The van der Waals surface area contributed by atoms with E-state index in [2.05, 4.69) is 10.6 Å². The van der Waals surface area contributed by atoms with Gasteiger partial charge >= 0.3 is 5.97 Å². The van der Waals surface area contributed by atoms with Crippen LogP contribution in [-0.2, 0) is 25.5 Å². The third kappa shape index (κ3) is 8.48. The number of aliphatic hydroxyl groups excluding tert-OH is 1. The zero-order valence-corrected chi connectivity index (χ0v) is 14.9. The molecule has 26 heavy (non-hydrogen) atoms. The van der Waals surface area contributed by atoms with Crippen molar-refractivity contribution in [1.82, 2.24) is 10.6 Å². The second kappa shape index (κ2) is 11.9. The molecule has 0 aliphatic rings. The molecule has 0 spiro atoms. The van der Waals surface area contributed by atoms with Crippen LogP contribution in [0.3, 0.4) is 0 Å². The lowest BCUT2D eigenvalue weighted by Gasteiger charge is -2.17. The Bertz CT molecular complexity index is 605. The predicted octanol–water partition coefficient (Wildman–Crippen LogP) is 0.261. The molecule has 0 aliphatic heterocycles. The van der Waals surface area contributed by atoms with Crippen LogP contribution in [0.15, 0.2) is 24.3 Å². The maximum Gasteiger partial charge on any atom is 0.328 e. The van der Waals surface area contributed by atoms with Gasteiger partial charge in [-0.05, 0) is 30.5 Å². The highest BCUT2D eigenvalue weighted by Crippen LogP contribution is 2.13. The van der Waals surface area contributed by atoms with Gasteiger partial charge in [0.15, 0.2) is 0 Å². The van der Waals surface area contributed by atoms with Gasteiger partial charge in [0.25, 0.3) is 0 Å². The number of benzene rings is 1. The number of aromatic hydroxyl groups is 1. The van der Waals surface area contributed by atoms with Gasteiger partial charge in [-0.2, -0.15) is 0 Å². The zero-order valence-electron chi connectivity index (χ0n) is 14.9. The molecular weight excluding hydrogens is 340 g/mol. The lowest BCUT2D eigenvalue weighted by molar-refractivity contribution is -0.145. The van der Waals surface area contributed by atoms with E-state index >= 15 is 0 Å². The fourth-order valence-electron chi connectivity index (χ4n) is 2.34. The van der Waals surface area contributed by atoms with E-state index in [0.29, 0.717) is 18.4 Å². The molecule has 1 atom stereocenters. The Hall–Kier alpha value is -2.61. The third-order valence-corrected chi connectivity index (χ3v) is 3.68. The number of methoxy groups -OCH3 is 1. The second-order valence-corrected chi connectivity index (χ2v) is 5.83. The highest BCUT2D eigenvalue weighted by molar-refractivity contribution is 5.88. The minimum Gasteiger partial charge on any atom is -0.508 e. The molecule has 0 fully saturated rings. The molecule has 1 rings (SSSR count). The minimum atomic E-state index is -0.921. The van der Waals surface area contributed by atoms with Gasteiger partial charge in [-0.3, -0.25) is 9.59 Å². The Morgan fingerprint density at radius 3 is 2.58 bits per heavy atom. The smallest absolute Gasteiger partial charge is 0.328 e. The normalized spacial score (nSPS) is 11.5. The Labute approximate surface area is 152 Å². The van der Waals surface area contributed by atoms with Crippen LogP contribution in [0.25, 0.3) is 0 Å². The quantitative estimate of drug-likeness (QED) is 0.329. The first-order valence-electron chi connectivity index (χ1n) is 8.49. The van der Waals surface area contributed by atoms with Crippen LogP contribution in [0.1, 0.15) is 31.2 Å². The largest absolute Gasteiger partial charge is 0.508 e. The number of rotatable bonds is 11. The average molecular weight is 366 g/mol. The maximum absolute atomic E-state index is 12.0. The summed E-state index contributed by atoms with van der Waals surface area (Å²) >= 11 is 0. The van der Waals surface area contributed by atoms with Gasteiger partial charge in [0.05, 0.1) is 13.7 Å². The van der Waals surface area contributed by atoms with Gasteiger partial charge in [-0.15, -0.1) is 0 Å². The van der Waals surface area contributed by atoms with Crippen LogP contribution in [0.4, 0.5) is 0 Å². The van der Waals surface area contributed by atoms with Crippen LogP contribution < -0.4 is 10.6 Å². The van der Waals surface area contributed by atoms with Gasteiger partial charge in [0.2, 0.25) is 11.8 Å². The van der Waals surface area contributed by atoms with E-state index in [1.54, 1.807) is 12.1 Å². The SMILES string of the molecule is COC(=O)C(Cc1cccc(O)c1)NC(=O)CNC(=O)CCCCCO. The van der Waals surface area contributed by atoms with Crippen molar-refractivity contribution in [2.45, 2.75) is 38.1 Å². The fourth-order valence-corrected chi connectivity index (χ4v) is 2.34. The number of ether oxygens (including phenoxy) is 1. The van der Waals surface area contributed by atoms with Crippen LogP contribution in [-0.4, -0.2) is 54.3 Å². The van der Waals surface area contributed by atoms with Crippen molar-refractivity contribution >= 4 is 17.8 Å². The molecule has 8 heteroatoms. The van der Waals surface area contributed by atoms with Crippen LogP contribution in [0, 0.1) is 0 Å². The molecule has 0 saturated carbocycles. The molecule has 0 radical (unpaired) electrons. The molecule has 1 aromatic rings. The third-order valence-electron chi connectivity index (χ3n) is 3.68. The zero-order chi connectivity index (χ0) is 19.4. The number of hydrogen-bond donors (Lipinski definition) is 4. The molecule has 2 amide bonds. The molecule has 0 bridgehead atoms. The number of aliphatic hydroxyl groups is 1. The monoisotopic (exact) mass is 366 g/mol. The first-order chi connectivity index (χ1) is 12.5. The number of unbranched alkanes of at least 4 members (excludes halogenated alkanes) is 2. The molecule has 0 aliphatic carbocycles.